The maximum atomic E-state index is 12.4. The summed E-state index contributed by atoms with van der Waals surface area (Å²) >= 11 is 0. The molecule has 18 heavy (non-hydrogen) atoms. The van der Waals surface area contributed by atoms with Gasteiger partial charge in [-0.2, -0.15) is 0 Å². The highest BCUT2D eigenvalue weighted by Crippen LogP contribution is 2.12. The molecule has 1 N–H and O–H groups in total. The average Bonchev–Trinajstić information content (AvgIpc) is 2.70. The van der Waals surface area contributed by atoms with E-state index in [-0.39, 0.29) is 12.0 Å². The molecule has 0 spiro atoms. The van der Waals surface area contributed by atoms with Crippen LogP contribution in [0.15, 0.2) is 12.1 Å². The molecule has 0 bridgehead atoms. The lowest BCUT2D eigenvalue weighted by Gasteiger charge is -2.33. The predicted octanol–water partition coefficient (Wildman–Crippen LogP) is 0.394. The third-order valence-corrected chi connectivity index (χ3v) is 3.45. The molecular formula is C13H21N3O2. The third-order valence-electron chi connectivity index (χ3n) is 3.45. The molecule has 0 aromatic carbocycles. The standard InChI is InChI=1S/C13H21N3O2/c1-10-4-5-12(15(10)3)13(17)16-6-7-18-11(9-16)8-14-2/h4-5,11,14H,6-9H2,1-3H3. The minimum atomic E-state index is 0.0917. The average molecular weight is 251 g/mol. The van der Waals surface area contributed by atoms with Crippen molar-refractivity contribution in [1.29, 1.82) is 0 Å². The van der Waals surface area contributed by atoms with Gasteiger partial charge >= 0.3 is 0 Å². The van der Waals surface area contributed by atoms with E-state index in [9.17, 15) is 4.79 Å². The van der Waals surface area contributed by atoms with Gasteiger partial charge in [0.15, 0.2) is 0 Å². The first-order valence-corrected chi connectivity index (χ1v) is 6.31. The van der Waals surface area contributed by atoms with E-state index in [1.54, 1.807) is 0 Å². The summed E-state index contributed by atoms with van der Waals surface area (Å²) in [7, 11) is 3.82. The molecule has 1 aromatic rings. The zero-order valence-corrected chi connectivity index (χ0v) is 11.3. The molecule has 2 heterocycles. The number of nitrogens with one attached hydrogen (secondary N) is 1. The summed E-state index contributed by atoms with van der Waals surface area (Å²) in [6, 6.07) is 3.86. The Hall–Kier alpha value is -1.33. The van der Waals surface area contributed by atoms with E-state index < -0.39 is 0 Å². The summed E-state index contributed by atoms with van der Waals surface area (Å²) < 4.78 is 7.54. The minimum Gasteiger partial charge on any atom is -0.373 e. The molecule has 1 aliphatic heterocycles. The highest BCUT2D eigenvalue weighted by Gasteiger charge is 2.25. The smallest absolute Gasteiger partial charge is 0.270 e. The van der Waals surface area contributed by atoms with Crippen LogP contribution in [0.3, 0.4) is 0 Å². The van der Waals surface area contributed by atoms with Crippen molar-refractivity contribution in [3.8, 4) is 0 Å². The van der Waals surface area contributed by atoms with Crippen LogP contribution < -0.4 is 5.32 Å². The highest BCUT2D eigenvalue weighted by molar-refractivity contribution is 5.93. The SMILES string of the molecule is CNCC1CN(C(=O)c2ccc(C)n2C)CCO1. The first-order valence-electron chi connectivity index (χ1n) is 6.31. The number of aryl methyl sites for hydroxylation is 1. The molecule has 1 aromatic heterocycles. The minimum absolute atomic E-state index is 0.0917. The molecule has 1 fully saturated rings. The van der Waals surface area contributed by atoms with E-state index in [0.717, 1.165) is 17.9 Å². The molecule has 1 atom stereocenters. The molecule has 5 nitrogen and oxygen atoms in total. The second-order valence-electron chi connectivity index (χ2n) is 4.72. The lowest BCUT2D eigenvalue weighted by atomic mass is 10.2. The Kier molecular flexibility index (Phi) is 4.04. The quantitative estimate of drug-likeness (QED) is 0.845. The van der Waals surface area contributed by atoms with Gasteiger partial charge in [0.1, 0.15) is 5.69 Å². The molecular weight excluding hydrogens is 230 g/mol. The third kappa shape index (κ3) is 2.57. The van der Waals surface area contributed by atoms with Crippen molar-refractivity contribution in [2.24, 2.45) is 7.05 Å². The Bertz CT molecular complexity index is 426. The lowest BCUT2D eigenvalue weighted by molar-refractivity contribution is -0.0199. The first kappa shape index (κ1) is 13.1. The zero-order valence-electron chi connectivity index (χ0n) is 11.3. The van der Waals surface area contributed by atoms with Crippen LogP contribution in [0, 0.1) is 6.92 Å². The van der Waals surface area contributed by atoms with Gasteiger partial charge in [-0.3, -0.25) is 4.79 Å². The Morgan fingerprint density at radius 2 is 2.33 bits per heavy atom. The number of aromatic nitrogens is 1. The number of hydrogen-bond acceptors (Lipinski definition) is 3. The number of morpholine rings is 1. The van der Waals surface area contributed by atoms with Gasteiger partial charge in [-0.15, -0.1) is 0 Å². The van der Waals surface area contributed by atoms with Gasteiger partial charge in [-0.05, 0) is 26.1 Å². The molecule has 0 saturated carbocycles. The fourth-order valence-electron chi connectivity index (χ4n) is 2.24. The van der Waals surface area contributed by atoms with Gasteiger partial charge in [-0.25, -0.2) is 0 Å². The number of carbonyl (C=O) groups is 1. The lowest BCUT2D eigenvalue weighted by Crippen LogP contribution is -2.48. The maximum absolute atomic E-state index is 12.4. The monoisotopic (exact) mass is 251 g/mol. The largest absolute Gasteiger partial charge is 0.373 e. The molecule has 1 unspecified atom stereocenters. The summed E-state index contributed by atoms with van der Waals surface area (Å²) in [5, 5.41) is 3.08. The maximum Gasteiger partial charge on any atom is 0.270 e. The van der Waals surface area contributed by atoms with Crippen molar-refractivity contribution < 1.29 is 9.53 Å². The Labute approximate surface area is 108 Å². The van der Waals surface area contributed by atoms with Crippen LogP contribution in [0.1, 0.15) is 16.2 Å². The van der Waals surface area contributed by atoms with Crippen molar-refractivity contribution in [2.75, 3.05) is 33.3 Å². The summed E-state index contributed by atoms with van der Waals surface area (Å²) in [6.07, 6.45) is 0.0917. The number of amides is 1. The number of rotatable bonds is 3. The highest BCUT2D eigenvalue weighted by atomic mass is 16.5. The predicted molar refractivity (Wildman–Crippen MR) is 69.7 cm³/mol. The number of nitrogens with zero attached hydrogens (tertiary/aromatic N) is 2. The number of hydrogen-bond donors (Lipinski definition) is 1. The van der Waals surface area contributed by atoms with Crippen LogP contribution in [-0.4, -0.2) is 54.8 Å². The Balaban J connectivity index is 2.07. The van der Waals surface area contributed by atoms with Crippen LogP contribution in [0.2, 0.25) is 0 Å². The van der Waals surface area contributed by atoms with Gasteiger partial charge < -0.3 is 19.5 Å². The first-order chi connectivity index (χ1) is 8.63. The second kappa shape index (κ2) is 5.54. The van der Waals surface area contributed by atoms with E-state index in [0.29, 0.717) is 19.7 Å². The molecule has 1 amide bonds. The van der Waals surface area contributed by atoms with Gasteiger partial charge in [0.2, 0.25) is 0 Å². The van der Waals surface area contributed by atoms with Crippen molar-refractivity contribution in [2.45, 2.75) is 13.0 Å². The fourth-order valence-corrected chi connectivity index (χ4v) is 2.24. The van der Waals surface area contributed by atoms with Crippen LogP contribution in [0.5, 0.6) is 0 Å². The normalized spacial score (nSPS) is 20.2. The van der Waals surface area contributed by atoms with E-state index in [1.165, 1.54) is 0 Å². The molecule has 1 aliphatic rings. The summed E-state index contributed by atoms with van der Waals surface area (Å²) in [6.45, 7) is 4.71. The molecule has 100 valence electrons. The fraction of sp³-hybridized carbons (Fsp3) is 0.615. The Morgan fingerprint density at radius 1 is 1.56 bits per heavy atom. The zero-order chi connectivity index (χ0) is 13.1. The summed E-state index contributed by atoms with van der Waals surface area (Å²) in [4.78, 5) is 14.3. The molecule has 0 aliphatic carbocycles. The molecule has 2 rings (SSSR count). The number of carbonyl (C=O) groups excluding carboxylic acids is 1. The topological polar surface area (TPSA) is 46.5 Å². The van der Waals surface area contributed by atoms with Crippen LogP contribution in [-0.2, 0) is 11.8 Å². The van der Waals surface area contributed by atoms with Gasteiger partial charge in [0, 0.05) is 32.4 Å². The van der Waals surface area contributed by atoms with E-state index in [1.807, 2.05) is 42.6 Å². The van der Waals surface area contributed by atoms with Crippen molar-refractivity contribution in [1.82, 2.24) is 14.8 Å². The molecule has 5 heteroatoms. The van der Waals surface area contributed by atoms with Gasteiger partial charge in [0.25, 0.3) is 5.91 Å². The van der Waals surface area contributed by atoms with Crippen LogP contribution in [0.25, 0.3) is 0 Å². The van der Waals surface area contributed by atoms with Crippen LogP contribution >= 0.6 is 0 Å². The van der Waals surface area contributed by atoms with E-state index in [4.69, 9.17) is 4.74 Å². The van der Waals surface area contributed by atoms with Crippen molar-refractivity contribution >= 4 is 5.91 Å². The van der Waals surface area contributed by atoms with Crippen molar-refractivity contribution in [3.05, 3.63) is 23.5 Å². The molecule has 0 radical (unpaired) electrons. The van der Waals surface area contributed by atoms with Gasteiger partial charge in [0.05, 0.1) is 12.7 Å². The van der Waals surface area contributed by atoms with Crippen LogP contribution in [0.4, 0.5) is 0 Å². The second-order valence-corrected chi connectivity index (χ2v) is 4.72. The summed E-state index contributed by atoms with van der Waals surface area (Å²) in [5.41, 5.74) is 1.84. The van der Waals surface area contributed by atoms with E-state index in [2.05, 4.69) is 5.32 Å². The number of likely N-dealkylation sites (N-methyl/N-ethyl adjacent to an activating group) is 1. The number of ether oxygens (including phenoxy) is 1. The van der Waals surface area contributed by atoms with Gasteiger partial charge in [-0.1, -0.05) is 0 Å². The van der Waals surface area contributed by atoms with E-state index >= 15 is 0 Å². The summed E-state index contributed by atoms with van der Waals surface area (Å²) in [5.74, 6) is 0.0926. The van der Waals surface area contributed by atoms with Crippen molar-refractivity contribution in [3.63, 3.8) is 0 Å². The molecule has 1 saturated heterocycles. The Morgan fingerprint density at radius 3 is 2.94 bits per heavy atom.